The minimum absolute atomic E-state index is 0.194. The highest BCUT2D eigenvalue weighted by Crippen LogP contribution is 2.38. The van der Waals surface area contributed by atoms with E-state index in [-0.39, 0.29) is 5.91 Å². The molecule has 4 nitrogen and oxygen atoms in total. The van der Waals surface area contributed by atoms with Crippen LogP contribution in [-0.2, 0) is 4.79 Å². The minimum Gasteiger partial charge on any atom is -0.332 e. The molecule has 8 heteroatoms. The zero-order valence-corrected chi connectivity index (χ0v) is 21.5. The Morgan fingerprint density at radius 2 is 1.31 bits per heavy atom. The van der Waals surface area contributed by atoms with Crippen molar-refractivity contribution in [3.8, 4) is 0 Å². The molecule has 0 saturated heterocycles. The lowest BCUT2D eigenvalue weighted by atomic mass is 10.1. The van der Waals surface area contributed by atoms with Gasteiger partial charge in [0.15, 0.2) is 5.11 Å². The van der Waals surface area contributed by atoms with Crippen molar-refractivity contribution in [2.45, 2.75) is 10.1 Å². The maximum atomic E-state index is 13.3. The number of para-hydroxylation sites is 1. The molecule has 1 atom stereocenters. The number of amides is 1. The fourth-order valence-electron chi connectivity index (χ4n) is 3.27. The van der Waals surface area contributed by atoms with Crippen LogP contribution in [0.25, 0.3) is 0 Å². The summed E-state index contributed by atoms with van der Waals surface area (Å²) in [6, 6.07) is 32.2. The number of hydrogen-bond donors (Lipinski definition) is 3. The van der Waals surface area contributed by atoms with Crippen LogP contribution in [-0.4, -0.2) is 11.0 Å². The SMILES string of the molecule is O=C(Nc1cccc(Cl)c1Cl)C(Sc1ccc(NC(=S)Nc2ccccc2)cc1)c1ccccc1. The minimum atomic E-state index is -0.495. The molecule has 4 rings (SSSR count). The first kappa shape index (κ1) is 25.1. The van der Waals surface area contributed by atoms with Crippen LogP contribution in [0.1, 0.15) is 10.8 Å². The van der Waals surface area contributed by atoms with E-state index in [1.54, 1.807) is 18.2 Å². The van der Waals surface area contributed by atoms with Crippen molar-refractivity contribution < 1.29 is 4.79 Å². The monoisotopic (exact) mass is 537 g/mol. The molecule has 0 aliphatic carbocycles. The third kappa shape index (κ3) is 6.99. The number of anilines is 3. The molecule has 1 amide bonds. The molecule has 0 aliphatic rings. The van der Waals surface area contributed by atoms with Crippen molar-refractivity contribution in [2.75, 3.05) is 16.0 Å². The number of carbonyl (C=O) groups is 1. The molecule has 1 unspecified atom stereocenters. The molecule has 4 aromatic rings. The summed E-state index contributed by atoms with van der Waals surface area (Å²) in [4.78, 5) is 14.2. The van der Waals surface area contributed by atoms with Gasteiger partial charge in [0.05, 0.1) is 15.7 Å². The highest BCUT2D eigenvalue weighted by atomic mass is 35.5. The molecule has 176 valence electrons. The van der Waals surface area contributed by atoms with Gasteiger partial charge in [0, 0.05) is 16.3 Å². The van der Waals surface area contributed by atoms with E-state index < -0.39 is 5.25 Å². The Morgan fingerprint density at radius 1 is 0.714 bits per heavy atom. The van der Waals surface area contributed by atoms with Crippen molar-refractivity contribution in [3.63, 3.8) is 0 Å². The molecule has 0 aliphatic heterocycles. The molecule has 35 heavy (non-hydrogen) atoms. The van der Waals surface area contributed by atoms with Crippen LogP contribution in [0.2, 0.25) is 10.0 Å². The molecular weight excluding hydrogens is 517 g/mol. The van der Waals surface area contributed by atoms with E-state index in [2.05, 4.69) is 16.0 Å². The van der Waals surface area contributed by atoms with E-state index in [1.165, 1.54) is 11.8 Å². The van der Waals surface area contributed by atoms with E-state index in [9.17, 15) is 4.79 Å². The summed E-state index contributed by atoms with van der Waals surface area (Å²) >= 11 is 19.2. The molecule has 4 aromatic carbocycles. The summed E-state index contributed by atoms with van der Waals surface area (Å²) in [5.74, 6) is -0.194. The zero-order chi connectivity index (χ0) is 24.6. The van der Waals surface area contributed by atoms with E-state index in [4.69, 9.17) is 35.4 Å². The first-order valence-corrected chi connectivity index (χ1v) is 12.7. The average Bonchev–Trinajstić information content (AvgIpc) is 2.87. The first-order valence-electron chi connectivity index (χ1n) is 10.7. The number of carbonyl (C=O) groups excluding carboxylic acids is 1. The van der Waals surface area contributed by atoms with Gasteiger partial charge in [-0.15, -0.1) is 11.8 Å². The van der Waals surface area contributed by atoms with Crippen molar-refractivity contribution in [1.29, 1.82) is 0 Å². The van der Waals surface area contributed by atoms with Crippen molar-refractivity contribution in [2.24, 2.45) is 0 Å². The summed E-state index contributed by atoms with van der Waals surface area (Å²) in [6.07, 6.45) is 0. The highest BCUT2D eigenvalue weighted by molar-refractivity contribution is 8.00. The van der Waals surface area contributed by atoms with Gasteiger partial charge < -0.3 is 16.0 Å². The van der Waals surface area contributed by atoms with Crippen LogP contribution in [0.3, 0.4) is 0 Å². The zero-order valence-electron chi connectivity index (χ0n) is 18.4. The van der Waals surface area contributed by atoms with Gasteiger partial charge in [-0.3, -0.25) is 4.79 Å². The largest absolute Gasteiger partial charge is 0.332 e. The second-order valence-corrected chi connectivity index (χ2v) is 9.84. The van der Waals surface area contributed by atoms with Crippen LogP contribution >= 0.6 is 47.2 Å². The smallest absolute Gasteiger partial charge is 0.242 e. The Balaban J connectivity index is 1.46. The van der Waals surface area contributed by atoms with Gasteiger partial charge in [0.1, 0.15) is 5.25 Å². The van der Waals surface area contributed by atoms with Crippen LogP contribution in [0.4, 0.5) is 17.1 Å². The standard InChI is InChI=1S/C27H21Cl2N3OS2/c28-22-12-7-13-23(24(22)29)32-26(33)25(18-8-3-1-4-9-18)35-21-16-14-20(15-17-21)31-27(34)30-19-10-5-2-6-11-19/h1-17,25H,(H,32,33)(H2,30,31,34). The van der Waals surface area contributed by atoms with E-state index in [0.29, 0.717) is 20.8 Å². The second kappa shape index (κ2) is 12.1. The van der Waals surface area contributed by atoms with Crippen molar-refractivity contribution >= 4 is 75.3 Å². The van der Waals surface area contributed by atoms with Crippen LogP contribution < -0.4 is 16.0 Å². The van der Waals surface area contributed by atoms with Crippen LogP contribution in [0.5, 0.6) is 0 Å². The van der Waals surface area contributed by atoms with Crippen molar-refractivity contribution in [3.05, 3.63) is 119 Å². The number of hydrogen-bond acceptors (Lipinski definition) is 3. The third-order valence-corrected chi connectivity index (χ3v) is 7.24. The van der Waals surface area contributed by atoms with E-state index in [0.717, 1.165) is 21.8 Å². The number of thiocarbonyl (C=S) groups is 1. The summed E-state index contributed by atoms with van der Waals surface area (Å²) in [5, 5.41) is 9.94. The predicted octanol–water partition coefficient (Wildman–Crippen LogP) is 8.27. The van der Waals surface area contributed by atoms with Gasteiger partial charge in [-0.05, 0) is 66.3 Å². The molecule has 0 fully saturated rings. The van der Waals surface area contributed by atoms with Crippen LogP contribution in [0, 0.1) is 0 Å². The number of rotatable bonds is 7. The fraction of sp³-hybridized carbons (Fsp3) is 0.0370. The lowest BCUT2D eigenvalue weighted by Gasteiger charge is -2.18. The first-order chi connectivity index (χ1) is 17.0. The van der Waals surface area contributed by atoms with Gasteiger partial charge in [-0.1, -0.05) is 77.8 Å². The van der Waals surface area contributed by atoms with E-state index in [1.807, 2.05) is 84.9 Å². The molecule has 0 bridgehead atoms. The molecule has 0 aromatic heterocycles. The maximum absolute atomic E-state index is 13.3. The molecule has 0 saturated carbocycles. The normalized spacial score (nSPS) is 11.4. The Hall–Kier alpha value is -3.03. The predicted molar refractivity (Wildman–Crippen MR) is 153 cm³/mol. The highest BCUT2D eigenvalue weighted by Gasteiger charge is 2.23. The summed E-state index contributed by atoms with van der Waals surface area (Å²) in [7, 11) is 0. The second-order valence-electron chi connectivity index (χ2n) is 7.47. The Morgan fingerprint density at radius 3 is 1.97 bits per heavy atom. The van der Waals surface area contributed by atoms with Gasteiger partial charge in [0.25, 0.3) is 0 Å². The molecular formula is C27H21Cl2N3OS2. The maximum Gasteiger partial charge on any atom is 0.242 e. The fourth-order valence-corrected chi connectivity index (χ4v) is 4.88. The molecule has 0 heterocycles. The average molecular weight is 539 g/mol. The Bertz CT molecular complexity index is 1300. The summed E-state index contributed by atoms with van der Waals surface area (Å²) < 4.78 is 0. The lowest BCUT2D eigenvalue weighted by Crippen LogP contribution is -2.19. The molecule has 0 radical (unpaired) electrons. The Kier molecular flexibility index (Phi) is 8.66. The Labute approximate surface area is 224 Å². The van der Waals surface area contributed by atoms with Gasteiger partial charge in [-0.25, -0.2) is 0 Å². The van der Waals surface area contributed by atoms with Gasteiger partial charge in [0.2, 0.25) is 5.91 Å². The van der Waals surface area contributed by atoms with E-state index >= 15 is 0 Å². The third-order valence-electron chi connectivity index (χ3n) is 4.95. The van der Waals surface area contributed by atoms with Gasteiger partial charge in [-0.2, -0.15) is 0 Å². The number of nitrogens with one attached hydrogen (secondary N) is 3. The molecule has 3 N–H and O–H groups in total. The van der Waals surface area contributed by atoms with Crippen LogP contribution in [0.15, 0.2) is 108 Å². The lowest BCUT2D eigenvalue weighted by molar-refractivity contribution is -0.115. The quantitative estimate of drug-likeness (QED) is 0.163. The topological polar surface area (TPSA) is 53.2 Å². The number of benzene rings is 4. The summed E-state index contributed by atoms with van der Waals surface area (Å²) in [6.45, 7) is 0. The molecule has 0 spiro atoms. The van der Waals surface area contributed by atoms with Gasteiger partial charge >= 0.3 is 0 Å². The summed E-state index contributed by atoms with van der Waals surface area (Å²) in [5.41, 5.74) is 3.11. The number of halogens is 2. The van der Waals surface area contributed by atoms with Crippen molar-refractivity contribution in [1.82, 2.24) is 0 Å². The number of thioether (sulfide) groups is 1.